The summed E-state index contributed by atoms with van der Waals surface area (Å²) in [5.74, 6) is -2.30. The fourth-order valence-corrected chi connectivity index (χ4v) is 4.66. The number of carbonyl (C=O) groups excluding carboxylic acids is 2. The van der Waals surface area contributed by atoms with Gasteiger partial charge in [-0.25, -0.2) is 0 Å². The summed E-state index contributed by atoms with van der Waals surface area (Å²) in [5.41, 5.74) is -1.04. The Morgan fingerprint density at radius 2 is 2.10 bits per heavy atom. The number of hydrogen-bond acceptors (Lipinski definition) is 4. The van der Waals surface area contributed by atoms with Gasteiger partial charge in [-0.05, 0) is 30.3 Å². The van der Waals surface area contributed by atoms with Crippen LogP contribution in [0.3, 0.4) is 0 Å². The van der Waals surface area contributed by atoms with E-state index < -0.39 is 41.2 Å². The highest BCUT2D eigenvalue weighted by Crippen LogP contribution is 2.52. The molecule has 1 aromatic carbocycles. The summed E-state index contributed by atoms with van der Waals surface area (Å²) in [6.45, 7) is 0.271. The number of amides is 2. The predicted octanol–water partition coefficient (Wildman–Crippen LogP) is 2.70. The van der Waals surface area contributed by atoms with Crippen molar-refractivity contribution >= 4 is 17.5 Å². The minimum Gasteiger partial charge on any atom is -0.360 e. The van der Waals surface area contributed by atoms with Gasteiger partial charge in [0.05, 0.1) is 42.3 Å². The van der Waals surface area contributed by atoms with Crippen molar-refractivity contribution in [1.29, 1.82) is 0 Å². The van der Waals surface area contributed by atoms with E-state index in [2.05, 4.69) is 10.3 Å². The molecular weight excluding hydrogens is 411 g/mol. The van der Waals surface area contributed by atoms with Crippen molar-refractivity contribution in [1.82, 2.24) is 10.3 Å². The van der Waals surface area contributed by atoms with Crippen LogP contribution in [0.1, 0.15) is 11.3 Å². The van der Waals surface area contributed by atoms with Gasteiger partial charge in [-0.15, -0.1) is 0 Å². The van der Waals surface area contributed by atoms with E-state index in [1.165, 1.54) is 17.0 Å². The monoisotopic (exact) mass is 429 g/mol. The first-order valence-electron chi connectivity index (χ1n) is 9.82. The number of nitrogens with one attached hydrogen (secondary N) is 1. The summed E-state index contributed by atoms with van der Waals surface area (Å²) in [6.07, 6.45) is 0.0745. The first-order chi connectivity index (χ1) is 14.8. The second-order valence-corrected chi connectivity index (χ2v) is 7.91. The van der Waals surface area contributed by atoms with E-state index in [-0.39, 0.29) is 24.7 Å². The molecule has 4 unspecified atom stereocenters. The molecule has 2 aromatic rings. The summed E-state index contributed by atoms with van der Waals surface area (Å²) in [4.78, 5) is 31.7. The third-order valence-electron chi connectivity index (χ3n) is 6.06. The van der Waals surface area contributed by atoms with Crippen molar-refractivity contribution in [2.75, 3.05) is 11.4 Å². The van der Waals surface area contributed by atoms with Gasteiger partial charge < -0.3 is 15.0 Å². The van der Waals surface area contributed by atoms with Crippen LogP contribution in [0.2, 0.25) is 0 Å². The van der Waals surface area contributed by atoms with Crippen molar-refractivity contribution in [2.45, 2.75) is 24.4 Å². The number of benzene rings is 1. The first-order valence-corrected chi connectivity index (χ1v) is 9.82. The Labute approximate surface area is 175 Å². The van der Waals surface area contributed by atoms with Crippen LogP contribution in [0.15, 0.2) is 60.8 Å². The van der Waals surface area contributed by atoms with Crippen LogP contribution in [0, 0.1) is 11.8 Å². The van der Waals surface area contributed by atoms with Crippen LogP contribution in [0.5, 0.6) is 0 Å². The maximum Gasteiger partial charge on any atom is 0.416 e. The second-order valence-electron chi connectivity index (χ2n) is 7.91. The Bertz CT molecular complexity index is 1070. The zero-order valence-electron chi connectivity index (χ0n) is 16.2. The number of nitrogens with zero attached hydrogens (tertiary/aromatic N) is 2. The van der Waals surface area contributed by atoms with Crippen LogP contribution < -0.4 is 10.2 Å². The number of hydrogen-bond donors (Lipinski definition) is 1. The van der Waals surface area contributed by atoms with Crippen molar-refractivity contribution in [3.8, 4) is 0 Å². The Balaban J connectivity index is 1.39. The number of ether oxygens (including phenoxy) is 1. The molecule has 3 aliphatic rings. The summed E-state index contributed by atoms with van der Waals surface area (Å²) < 4.78 is 45.4. The molecule has 9 heteroatoms. The van der Waals surface area contributed by atoms with Gasteiger partial charge in [0.1, 0.15) is 5.60 Å². The van der Waals surface area contributed by atoms with E-state index in [9.17, 15) is 22.8 Å². The highest BCUT2D eigenvalue weighted by Gasteiger charge is 2.67. The molecule has 2 saturated heterocycles. The molecule has 1 spiro atoms. The molecular formula is C22H18F3N3O3. The topological polar surface area (TPSA) is 71.5 Å². The molecule has 4 heterocycles. The standard InChI is InChI=1S/C22H18F3N3O3/c23-22(24,25)13-4-3-6-15(10-13)28-12-21-8-7-16(31-21)17(18(21)20(28)30)19(29)27-11-14-5-1-2-9-26-14/h1-10,16-18H,11-12H2,(H,27,29). The minimum atomic E-state index is -4.52. The molecule has 4 atom stereocenters. The van der Waals surface area contributed by atoms with E-state index >= 15 is 0 Å². The fraction of sp³-hybridized carbons (Fsp3) is 0.318. The van der Waals surface area contributed by atoms with Gasteiger partial charge in [-0.1, -0.05) is 24.3 Å². The minimum absolute atomic E-state index is 0.0643. The van der Waals surface area contributed by atoms with E-state index in [0.717, 1.165) is 12.1 Å². The number of alkyl halides is 3. The highest BCUT2D eigenvalue weighted by molar-refractivity contribution is 6.03. The molecule has 1 N–H and O–H groups in total. The maximum atomic E-state index is 13.3. The van der Waals surface area contributed by atoms with Crippen LogP contribution in [0.25, 0.3) is 0 Å². The zero-order valence-corrected chi connectivity index (χ0v) is 16.2. The number of rotatable bonds is 4. The first kappa shape index (κ1) is 19.7. The molecule has 0 saturated carbocycles. The van der Waals surface area contributed by atoms with Crippen LogP contribution in [-0.2, 0) is 27.0 Å². The zero-order chi connectivity index (χ0) is 21.8. The third kappa shape index (κ3) is 3.20. The lowest BCUT2D eigenvalue weighted by molar-refractivity contribution is -0.137. The van der Waals surface area contributed by atoms with Crippen molar-refractivity contribution in [3.05, 3.63) is 72.1 Å². The maximum absolute atomic E-state index is 13.3. The molecule has 0 aliphatic carbocycles. The summed E-state index contributed by atoms with van der Waals surface area (Å²) in [5, 5.41) is 2.80. The van der Waals surface area contributed by atoms with Gasteiger partial charge >= 0.3 is 6.18 Å². The Morgan fingerprint density at radius 1 is 1.26 bits per heavy atom. The quantitative estimate of drug-likeness (QED) is 0.759. The molecule has 31 heavy (non-hydrogen) atoms. The van der Waals surface area contributed by atoms with E-state index in [1.54, 1.807) is 36.5 Å². The lowest BCUT2D eigenvalue weighted by atomic mass is 9.77. The Morgan fingerprint density at radius 3 is 2.84 bits per heavy atom. The second kappa shape index (κ2) is 6.91. The van der Waals surface area contributed by atoms with Crippen molar-refractivity contribution < 1.29 is 27.5 Å². The number of aromatic nitrogens is 1. The largest absolute Gasteiger partial charge is 0.416 e. The van der Waals surface area contributed by atoms with Gasteiger partial charge in [0, 0.05) is 11.9 Å². The Hall–Kier alpha value is -3.20. The Kier molecular flexibility index (Phi) is 4.40. The van der Waals surface area contributed by atoms with Gasteiger partial charge in [0.15, 0.2) is 0 Å². The van der Waals surface area contributed by atoms with Gasteiger partial charge in [-0.3, -0.25) is 14.6 Å². The average Bonchev–Trinajstić information content (AvgIpc) is 3.40. The number of halogens is 3. The number of anilines is 1. The van der Waals surface area contributed by atoms with Crippen LogP contribution in [-0.4, -0.2) is 35.0 Å². The molecule has 1 aromatic heterocycles. The molecule has 2 amide bonds. The smallest absolute Gasteiger partial charge is 0.360 e. The highest BCUT2D eigenvalue weighted by atomic mass is 19.4. The van der Waals surface area contributed by atoms with Crippen LogP contribution in [0.4, 0.5) is 18.9 Å². The van der Waals surface area contributed by atoms with Gasteiger partial charge in [0.25, 0.3) is 0 Å². The molecule has 2 fully saturated rings. The van der Waals surface area contributed by atoms with Crippen LogP contribution >= 0.6 is 0 Å². The molecule has 0 radical (unpaired) electrons. The predicted molar refractivity (Wildman–Crippen MR) is 104 cm³/mol. The van der Waals surface area contributed by atoms with Gasteiger partial charge in [0.2, 0.25) is 11.8 Å². The van der Waals surface area contributed by atoms with E-state index in [1.807, 2.05) is 0 Å². The van der Waals surface area contributed by atoms with Crippen molar-refractivity contribution in [3.63, 3.8) is 0 Å². The van der Waals surface area contributed by atoms with E-state index in [4.69, 9.17) is 4.74 Å². The normalized spacial score (nSPS) is 28.8. The third-order valence-corrected chi connectivity index (χ3v) is 6.06. The number of pyridine rings is 1. The van der Waals surface area contributed by atoms with E-state index in [0.29, 0.717) is 5.69 Å². The molecule has 2 bridgehead atoms. The SMILES string of the molecule is O=C(NCc1ccccn1)C1C2C=CC3(CN(c4cccc(C(F)(F)F)c4)C(=O)C13)O2. The van der Waals surface area contributed by atoms with Gasteiger partial charge in [-0.2, -0.15) is 13.2 Å². The summed E-state index contributed by atoms with van der Waals surface area (Å²) in [7, 11) is 0. The number of fused-ring (bicyclic) bond motifs is 1. The molecule has 160 valence electrons. The molecule has 5 rings (SSSR count). The van der Waals surface area contributed by atoms with Crippen molar-refractivity contribution in [2.24, 2.45) is 11.8 Å². The average molecular weight is 429 g/mol. The lowest BCUT2D eigenvalue weighted by Crippen LogP contribution is -2.44. The fourth-order valence-electron chi connectivity index (χ4n) is 4.66. The summed E-state index contributed by atoms with van der Waals surface area (Å²) >= 11 is 0. The number of carbonyl (C=O) groups is 2. The lowest BCUT2D eigenvalue weighted by Gasteiger charge is -2.23. The molecule has 3 aliphatic heterocycles. The summed E-state index contributed by atoms with van der Waals surface area (Å²) in [6, 6.07) is 9.97. The molecule has 6 nitrogen and oxygen atoms in total.